The molecule has 4 rings (SSSR count). The predicted molar refractivity (Wildman–Crippen MR) is 131 cm³/mol. The summed E-state index contributed by atoms with van der Waals surface area (Å²) in [6.07, 6.45) is 18.2. The Morgan fingerprint density at radius 3 is 2.75 bits per heavy atom. The summed E-state index contributed by atoms with van der Waals surface area (Å²) in [4.78, 5) is 0. The molecule has 4 aliphatic rings. The van der Waals surface area contributed by atoms with Gasteiger partial charge in [0.1, 0.15) is 6.61 Å². The molecule has 0 aromatic rings. The van der Waals surface area contributed by atoms with E-state index in [1.807, 2.05) is 13.8 Å². The second kappa shape index (κ2) is 9.76. The Bertz CT molecular complexity index is 738. The highest BCUT2D eigenvalue weighted by Gasteiger charge is 2.50. The standard InChI is InChI=1S/C29H46O3/c1-20-10-13-24(32-27-19-31-27)18-23(20)12-11-22-9-7-17-29(5)25(14-15-26(22)29)21(2)8-6-16-28(3,4)30/h11-12,21,24-27,30H,1,6-10,13-19H2,2-5H3/b22-11+,23-12-/t21-,24+,25-,26+,27?,29-/m1/s1. The Balaban J connectivity index is 1.41. The van der Waals surface area contributed by atoms with E-state index in [0.717, 1.165) is 56.5 Å². The van der Waals surface area contributed by atoms with E-state index in [0.29, 0.717) is 5.41 Å². The molecule has 32 heavy (non-hydrogen) atoms. The number of hydrogen-bond acceptors (Lipinski definition) is 3. The van der Waals surface area contributed by atoms with Crippen LogP contribution in [0, 0.1) is 23.2 Å². The summed E-state index contributed by atoms with van der Waals surface area (Å²) < 4.78 is 11.3. The Morgan fingerprint density at radius 2 is 2.03 bits per heavy atom. The number of ether oxygens (including phenoxy) is 2. The van der Waals surface area contributed by atoms with Gasteiger partial charge < -0.3 is 14.6 Å². The van der Waals surface area contributed by atoms with Crippen LogP contribution in [0.3, 0.4) is 0 Å². The lowest BCUT2D eigenvalue weighted by Gasteiger charge is -2.44. The number of rotatable bonds is 8. The number of hydrogen-bond donors (Lipinski definition) is 1. The van der Waals surface area contributed by atoms with Crippen LogP contribution in [0.2, 0.25) is 0 Å². The van der Waals surface area contributed by atoms with Gasteiger partial charge in [-0.25, -0.2) is 0 Å². The van der Waals surface area contributed by atoms with Gasteiger partial charge in [0.2, 0.25) is 0 Å². The number of fused-ring (bicyclic) bond motifs is 1. The van der Waals surface area contributed by atoms with E-state index in [1.165, 1.54) is 49.7 Å². The quantitative estimate of drug-likeness (QED) is 0.407. The van der Waals surface area contributed by atoms with Crippen molar-refractivity contribution in [1.82, 2.24) is 0 Å². The zero-order chi connectivity index (χ0) is 22.9. The monoisotopic (exact) mass is 442 g/mol. The van der Waals surface area contributed by atoms with Gasteiger partial charge in [0.05, 0.1) is 11.7 Å². The van der Waals surface area contributed by atoms with Gasteiger partial charge in [0, 0.05) is 0 Å². The molecule has 0 aromatic carbocycles. The van der Waals surface area contributed by atoms with Crippen LogP contribution in [0.4, 0.5) is 0 Å². The predicted octanol–water partition coefficient (Wildman–Crippen LogP) is 7.11. The molecule has 0 bridgehead atoms. The molecular weight excluding hydrogens is 396 g/mol. The average molecular weight is 443 g/mol. The first-order valence-corrected chi connectivity index (χ1v) is 13.2. The molecule has 1 unspecified atom stereocenters. The summed E-state index contributed by atoms with van der Waals surface area (Å²) in [5.41, 5.74) is 4.27. The minimum atomic E-state index is -0.533. The summed E-state index contributed by atoms with van der Waals surface area (Å²) in [6.45, 7) is 14.0. The zero-order valence-corrected chi connectivity index (χ0v) is 21.0. The molecule has 0 aromatic heterocycles. The summed E-state index contributed by atoms with van der Waals surface area (Å²) >= 11 is 0. The fourth-order valence-electron chi connectivity index (χ4n) is 7.10. The molecule has 1 heterocycles. The summed E-state index contributed by atoms with van der Waals surface area (Å²) in [5.74, 6) is 2.29. The summed E-state index contributed by atoms with van der Waals surface area (Å²) in [6, 6.07) is 0. The molecule has 3 aliphatic carbocycles. The van der Waals surface area contributed by atoms with Gasteiger partial charge in [0.15, 0.2) is 6.29 Å². The van der Waals surface area contributed by atoms with E-state index in [4.69, 9.17) is 9.47 Å². The van der Waals surface area contributed by atoms with E-state index in [-0.39, 0.29) is 12.4 Å². The maximum Gasteiger partial charge on any atom is 0.181 e. The van der Waals surface area contributed by atoms with Crippen LogP contribution < -0.4 is 0 Å². The Hall–Kier alpha value is -0.900. The minimum Gasteiger partial charge on any atom is -0.390 e. The number of epoxide rings is 1. The minimum absolute atomic E-state index is 0.0471. The van der Waals surface area contributed by atoms with Crippen LogP contribution in [-0.4, -0.2) is 29.7 Å². The third kappa shape index (κ3) is 5.77. The molecule has 1 aliphatic heterocycles. The molecule has 6 atom stereocenters. The molecule has 0 radical (unpaired) electrons. The zero-order valence-electron chi connectivity index (χ0n) is 21.0. The van der Waals surface area contributed by atoms with E-state index in [1.54, 1.807) is 5.57 Å². The van der Waals surface area contributed by atoms with Gasteiger partial charge in [-0.3, -0.25) is 0 Å². The van der Waals surface area contributed by atoms with Crippen LogP contribution in [0.25, 0.3) is 0 Å². The SMILES string of the molecule is C=C1CC[C@H](OC2CO2)C/C1=C/C=C1\CCC[C@]2(C)[C@@H]([C@H](C)CCCC(C)(C)O)CC[C@@H]12. The van der Waals surface area contributed by atoms with Crippen molar-refractivity contribution >= 4 is 0 Å². The molecule has 3 saturated carbocycles. The lowest BCUT2D eigenvalue weighted by molar-refractivity contribution is -0.0170. The molecule has 0 spiro atoms. The fourth-order valence-corrected chi connectivity index (χ4v) is 7.10. The third-order valence-electron chi connectivity index (χ3n) is 8.99. The molecule has 3 nitrogen and oxygen atoms in total. The first kappa shape index (κ1) is 24.2. The van der Waals surface area contributed by atoms with Gasteiger partial charge in [-0.1, -0.05) is 56.6 Å². The van der Waals surface area contributed by atoms with Crippen molar-refractivity contribution in [2.75, 3.05) is 6.61 Å². The van der Waals surface area contributed by atoms with Gasteiger partial charge in [-0.15, -0.1) is 0 Å². The largest absolute Gasteiger partial charge is 0.390 e. The summed E-state index contributed by atoms with van der Waals surface area (Å²) in [7, 11) is 0. The second-order valence-electron chi connectivity index (χ2n) is 12.1. The van der Waals surface area contributed by atoms with Crippen molar-refractivity contribution < 1.29 is 14.6 Å². The number of aliphatic hydroxyl groups is 1. The molecule has 180 valence electrons. The maximum absolute atomic E-state index is 10.1. The van der Waals surface area contributed by atoms with Crippen molar-refractivity contribution in [1.29, 1.82) is 0 Å². The van der Waals surface area contributed by atoms with Crippen LogP contribution in [0.5, 0.6) is 0 Å². The average Bonchev–Trinajstić information content (AvgIpc) is 3.45. The molecule has 4 fully saturated rings. The second-order valence-corrected chi connectivity index (χ2v) is 12.1. The smallest absolute Gasteiger partial charge is 0.181 e. The highest BCUT2D eigenvalue weighted by atomic mass is 16.8. The van der Waals surface area contributed by atoms with E-state index in [9.17, 15) is 5.11 Å². The van der Waals surface area contributed by atoms with Gasteiger partial charge in [0.25, 0.3) is 0 Å². The van der Waals surface area contributed by atoms with Crippen molar-refractivity contribution in [2.45, 2.75) is 116 Å². The molecule has 1 N–H and O–H groups in total. The van der Waals surface area contributed by atoms with Crippen molar-refractivity contribution in [3.8, 4) is 0 Å². The lowest BCUT2D eigenvalue weighted by Crippen LogP contribution is -2.36. The van der Waals surface area contributed by atoms with Crippen LogP contribution in [0.1, 0.15) is 98.3 Å². The first-order valence-electron chi connectivity index (χ1n) is 13.2. The first-order chi connectivity index (χ1) is 15.2. The summed E-state index contributed by atoms with van der Waals surface area (Å²) in [5, 5.41) is 10.1. The van der Waals surface area contributed by atoms with E-state index in [2.05, 4.69) is 32.6 Å². The number of allylic oxidation sites excluding steroid dienone is 4. The Kier molecular flexibility index (Phi) is 7.39. The highest BCUT2D eigenvalue weighted by molar-refractivity contribution is 5.36. The van der Waals surface area contributed by atoms with Gasteiger partial charge in [-0.05, 0) is 100 Å². The van der Waals surface area contributed by atoms with Crippen LogP contribution in [-0.2, 0) is 9.47 Å². The van der Waals surface area contributed by atoms with Crippen molar-refractivity contribution in [2.24, 2.45) is 23.2 Å². The molecule has 1 saturated heterocycles. The van der Waals surface area contributed by atoms with E-state index >= 15 is 0 Å². The topological polar surface area (TPSA) is 42.0 Å². The molecule has 3 heteroatoms. The van der Waals surface area contributed by atoms with Gasteiger partial charge >= 0.3 is 0 Å². The fraction of sp³-hybridized carbons (Fsp3) is 0.793. The van der Waals surface area contributed by atoms with Crippen molar-refractivity contribution in [3.63, 3.8) is 0 Å². The molecular formula is C29H46O3. The third-order valence-corrected chi connectivity index (χ3v) is 8.99. The van der Waals surface area contributed by atoms with E-state index < -0.39 is 5.60 Å². The molecule has 0 amide bonds. The van der Waals surface area contributed by atoms with Crippen LogP contribution >= 0.6 is 0 Å². The Morgan fingerprint density at radius 1 is 1.25 bits per heavy atom. The Labute approximate surface area is 196 Å². The van der Waals surface area contributed by atoms with Crippen LogP contribution in [0.15, 0.2) is 35.5 Å². The van der Waals surface area contributed by atoms with Gasteiger partial charge in [-0.2, -0.15) is 0 Å². The lowest BCUT2D eigenvalue weighted by atomic mass is 9.60. The van der Waals surface area contributed by atoms with Crippen molar-refractivity contribution in [3.05, 3.63) is 35.5 Å². The normalized spacial score (nSPS) is 38.8. The maximum atomic E-state index is 10.1. The highest BCUT2D eigenvalue weighted by Crippen LogP contribution is 2.60.